The lowest BCUT2D eigenvalue weighted by Crippen LogP contribution is -2.03. The van der Waals surface area contributed by atoms with E-state index in [1.807, 2.05) is 0 Å². The van der Waals surface area contributed by atoms with Gasteiger partial charge in [-0.05, 0) is 11.6 Å². The molecule has 0 amide bonds. The van der Waals surface area contributed by atoms with Gasteiger partial charge in [0, 0.05) is 6.07 Å². The van der Waals surface area contributed by atoms with Gasteiger partial charge >= 0.3 is 5.97 Å². The molecule has 0 radical (unpaired) electrons. The van der Waals surface area contributed by atoms with Gasteiger partial charge in [0.1, 0.15) is 5.56 Å². The molecule has 0 saturated heterocycles. The molecule has 6 nitrogen and oxygen atoms in total. The summed E-state index contributed by atoms with van der Waals surface area (Å²) in [6.45, 7) is -0.360. The van der Waals surface area contributed by atoms with Crippen molar-refractivity contribution in [1.82, 2.24) is 0 Å². The van der Waals surface area contributed by atoms with E-state index in [4.69, 9.17) is 10.2 Å². The Bertz CT molecular complexity index is 387. The molecule has 0 aliphatic rings. The van der Waals surface area contributed by atoms with E-state index in [2.05, 4.69) is 0 Å². The summed E-state index contributed by atoms with van der Waals surface area (Å²) in [7, 11) is 0. The molecule has 0 saturated carbocycles. The normalized spacial score (nSPS) is 9.79. The van der Waals surface area contributed by atoms with Gasteiger partial charge < -0.3 is 10.2 Å². The molecule has 74 valence electrons. The maximum atomic E-state index is 10.6. The number of aromatic carboxylic acids is 1. The molecule has 0 spiro atoms. The van der Waals surface area contributed by atoms with Crippen molar-refractivity contribution >= 4 is 11.7 Å². The van der Waals surface area contributed by atoms with Crippen LogP contribution in [0.4, 0.5) is 5.69 Å². The first-order valence-corrected chi connectivity index (χ1v) is 3.67. The molecular formula is C8H7NO5. The number of carboxylic acid groups (broad SMARTS) is 1. The minimum Gasteiger partial charge on any atom is -0.477 e. The summed E-state index contributed by atoms with van der Waals surface area (Å²) in [5, 5.41) is 27.8. The van der Waals surface area contributed by atoms with Crippen LogP contribution in [0.15, 0.2) is 18.2 Å². The van der Waals surface area contributed by atoms with Crippen molar-refractivity contribution < 1.29 is 19.9 Å². The van der Waals surface area contributed by atoms with Crippen LogP contribution in [-0.4, -0.2) is 21.1 Å². The van der Waals surface area contributed by atoms with Crippen LogP contribution in [0.3, 0.4) is 0 Å². The molecule has 0 unspecified atom stereocenters. The third-order valence-electron chi connectivity index (χ3n) is 1.67. The quantitative estimate of drug-likeness (QED) is 0.550. The first-order chi connectivity index (χ1) is 6.56. The number of carbonyl (C=O) groups is 1. The van der Waals surface area contributed by atoms with Gasteiger partial charge in [-0.15, -0.1) is 0 Å². The van der Waals surface area contributed by atoms with Gasteiger partial charge in [0.15, 0.2) is 0 Å². The number of carboxylic acids is 1. The summed E-state index contributed by atoms with van der Waals surface area (Å²) >= 11 is 0. The van der Waals surface area contributed by atoms with Crippen molar-refractivity contribution in [2.24, 2.45) is 0 Å². The molecule has 0 bridgehead atoms. The van der Waals surface area contributed by atoms with Gasteiger partial charge in [-0.25, -0.2) is 4.79 Å². The summed E-state index contributed by atoms with van der Waals surface area (Å²) in [6.07, 6.45) is 0. The molecule has 0 aromatic heterocycles. The molecule has 0 heterocycles. The average Bonchev–Trinajstić information content (AvgIpc) is 2.16. The Morgan fingerprint density at radius 1 is 1.50 bits per heavy atom. The van der Waals surface area contributed by atoms with Crippen molar-refractivity contribution in [3.05, 3.63) is 39.4 Å². The Morgan fingerprint density at radius 3 is 2.57 bits per heavy atom. The highest BCUT2D eigenvalue weighted by molar-refractivity contribution is 5.92. The fraction of sp³-hybridized carbons (Fsp3) is 0.125. The van der Waals surface area contributed by atoms with E-state index in [0.717, 1.165) is 12.1 Å². The van der Waals surface area contributed by atoms with Crippen LogP contribution in [0, 0.1) is 10.1 Å². The molecule has 1 aromatic rings. The number of nitrogens with zero attached hydrogens (tertiary/aromatic N) is 1. The van der Waals surface area contributed by atoms with E-state index in [-0.39, 0.29) is 12.2 Å². The lowest BCUT2D eigenvalue weighted by molar-refractivity contribution is -0.385. The minimum absolute atomic E-state index is 0.307. The first-order valence-electron chi connectivity index (χ1n) is 3.67. The number of hydrogen-bond donors (Lipinski definition) is 2. The molecule has 0 aliphatic carbocycles. The molecule has 0 fully saturated rings. The second-order valence-corrected chi connectivity index (χ2v) is 2.57. The molecular weight excluding hydrogens is 190 g/mol. The monoisotopic (exact) mass is 197 g/mol. The van der Waals surface area contributed by atoms with Crippen molar-refractivity contribution in [3.63, 3.8) is 0 Å². The highest BCUT2D eigenvalue weighted by Gasteiger charge is 2.19. The molecule has 1 aromatic carbocycles. The van der Waals surface area contributed by atoms with Crippen molar-refractivity contribution in [3.8, 4) is 0 Å². The molecule has 14 heavy (non-hydrogen) atoms. The summed E-state index contributed by atoms with van der Waals surface area (Å²) < 4.78 is 0. The molecule has 0 atom stereocenters. The average molecular weight is 197 g/mol. The van der Waals surface area contributed by atoms with E-state index in [1.54, 1.807) is 0 Å². The third kappa shape index (κ3) is 1.86. The molecule has 1 rings (SSSR count). The van der Waals surface area contributed by atoms with Gasteiger partial charge in [-0.3, -0.25) is 10.1 Å². The third-order valence-corrected chi connectivity index (χ3v) is 1.67. The number of benzene rings is 1. The fourth-order valence-corrected chi connectivity index (χ4v) is 1.01. The number of rotatable bonds is 3. The second-order valence-electron chi connectivity index (χ2n) is 2.57. The van der Waals surface area contributed by atoms with Crippen LogP contribution in [-0.2, 0) is 6.61 Å². The van der Waals surface area contributed by atoms with Crippen molar-refractivity contribution in [1.29, 1.82) is 0 Å². The highest BCUT2D eigenvalue weighted by Crippen LogP contribution is 2.20. The fourth-order valence-electron chi connectivity index (χ4n) is 1.01. The van der Waals surface area contributed by atoms with Gasteiger partial charge in [-0.2, -0.15) is 0 Å². The number of hydrogen-bond acceptors (Lipinski definition) is 4. The van der Waals surface area contributed by atoms with Gasteiger partial charge in [0.2, 0.25) is 0 Å². The van der Waals surface area contributed by atoms with Gasteiger partial charge in [-0.1, -0.05) is 6.07 Å². The highest BCUT2D eigenvalue weighted by atomic mass is 16.6. The number of nitro groups is 1. The summed E-state index contributed by atoms with van der Waals surface area (Å²) in [4.78, 5) is 20.2. The van der Waals surface area contributed by atoms with Crippen LogP contribution >= 0.6 is 0 Å². The zero-order valence-electron chi connectivity index (χ0n) is 7.01. The van der Waals surface area contributed by atoms with Crippen LogP contribution in [0.1, 0.15) is 15.9 Å². The largest absolute Gasteiger partial charge is 0.477 e. The molecule has 0 aliphatic heterocycles. The maximum absolute atomic E-state index is 10.6. The second kappa shape index (κ2) is 3.84. The number of aliphatic hydroxyl groups is 1. The number of aliphatic hydroxyl groups excluding tert-OH is 1. The molecule has 6 heteroatoms. The summed E-state index contributed by atoms with van der Waals surface area (Å²) in [5.74, 6) is -1.36. The van der Waals surface area contributed by atoms with E-state index >= 15 is 0 Å². The van der Waals surface area contributed by atoms with Gasteiger partial charge in [0.05, 0.1) is 11.5 Å². The van der Waals surface area contributed by atoms with Crippen LogP contribution in [0.2, 0.25) is 0 Å². The lowest BCUT2D eigenvalue weighted by Gasteiger charge is -1.99. The van der Waals surface area contributed by atoms with E-state index in [0.29, 0.717) is 5.56 Å². The Kier molecular flexibility index (Phi) is 2.78. The minimum atomic E-state index is -1.36. The summed E-state index contributed by atoms with van der Waals surface area (Å²) in [6, 6.07) is 3.48. The zero-order valence-corrected chi connectivity index (χ0v) is 7.01. The van der Waals surface area contributed by atoms with Gasteiger partial charge in [0.25, 0.3) is 5.69 Å². The van der Waals surface area contributed by atoms with Crippen LogP contribution < -0.4 is 0 Å². The van der Waals surface area contributed by atoms with E-state index < -0.39 is 16.6 Å². The maximum Gasteiger partial charge on any atom is 0.342 e. The predicted molar refractivity (Wildman–Crippen MR) is 46.0 cm³/mol. The Hall–Kier alpha value is -1.95. The topological polar surface area (TPSA) is 101 Å². The van der Waals surface area contributed by atoms with Crippen molar-refractivity contribution in [2.75, 3.05) is 0 Å². The van der Waals surface area contributed by atoms with Crippen molar-refractivity contribution in [2.45, 2.75) is 6.61 Å². The predicted octanol–water partition coefficient (Wildman–Crippen LogP) is 0.785. The van der Waals surface area contributed by atoms with Crippen LogP contribution in [0.5, 0.6) is 0 Å². The lowest BCUT2D eigenvalue weighted by atomic mass is 10.1. The van der Waals surface area contributed by atoms with E-state index in [1.165, 1.54) is 6.07 Å². The summed E-state index contributed by atoms with van der Waals surface area (Å²) in [5.41, 5.74) is -0.585. The smallest absolute Gasteiger partial charge is 0.342 e. The molecule has 2 N–H and O–H groups in total. The van der Waals surface area contributed by atoms with Crippen LogP contribution in [0.25, 0.3) is 0 Å². The standard InChI is InChI=1S/C8H7NO5/c10-4-5-1-2-6(8(11)12)7(3-5)9(13)14/h1-3,10H,4H2,(H,11,12). The zero-order chi connectivity index (χ0) is 10.7. The SMILES string of the molecule is O=C(O)c1ccc(CO)cc1[N+](=O)[O-]. The van der Waals surface area contributed by atoms with E-state index in [9.17, 15) is 14.9 Å². The Morgan fingerprint density at radius 2 is 2.14 bits per heavy atom. The Labute approximate surface area is 78.6 Å². The Balaban J connectivity index is 3.31. The first kappa shape index (κ1) is 10.1. The number of nitro benzene ring substituents is 1.